The zero-order chi connectivity index (χ0) is 21.5. The zero-order valence-corrected chi connectivity index (χ0v) is 17.7. The van der Waals surface area contributed by atoms with Crippen molar-refractivity contribution in [2.24, 2.45) is 0 Å². The third-order valence-electron chi connectivity index (χ3n) is 5.79. The molecular weight excluding hydrogens is 412 g/mol. The molecule has 6 nitrogen and oxygen atoms in total. The molecule has 1 amide bonds. The summed E-state index contributed by atoms with van der Waals surface area (Å²) >= 11 is 6.52. The Hall–Kier alpha value is -3.38. The fourth-order valence-corrected chi connectivity index (χ4v) is 4.48. The normalized spacial score (nSPS) is 17.6. The van der Waals surface area contributed by atoms with Gasteiger partial charge in [0.05, 0.1) is 6.20 Å². The van der Waals surface area contributed by atoms with Crippen molar-refractivity contribution in [3.05, 3.63) is 87.7 Å². The maximum absolute atomic E-state index is 13.1. The monoisotopic (exact) mass is 432 g/mol. The number of hydrogen-bond acceptors (Lipinski definition) is 4. The highest BCUT2D eigenvalue weighted by Gasteiger charge is 2.38. The zero-order valence-electron chi connectivity index (χ0n) is 17.0. The van der Waals surface area contributed by atoms with Gasteiger partial charge in [-0.15, -0.1) is 0 Å². The van der Waals surface area contributed by atoms with Crippen LogP contribution in [0.15, 0.2) is 66.0 Å². The van der Waals surface area contributed by atoms with Crippen LogP contribution in [0.4, 0.5) is 11.5 Å². The molecule has 0 spiro atoms. The Bertz CT molecular complexity index is 1230. The minimum atomic E-state index is -0.464. The quantitative estimate of drug-likeness (QED) is 0.602. The van der Waals surface area contributed by atoms with E-state index in [9.17, 15) is 9.59 Å². The van der Waals surface area contributed by atoms with Gasteiger partial charge in [-0.25, -0.2) is 4.68 Å². The molecule has 2 aliphatic rings. The van der Waals surface area contributed by atoms with Crippen LogP contribution in [-0.2, 0) is 4.79 Å². The van der Waals surface area contributed by atoms with Gasteiger partial charge in [-0.2, -0.15) is 5.10 Å². The van der Waals surface area contributed by atoms with Gasteiger partial charge in [0.1, 0.15) is 17.4 Å². The van der Waals surface area contributed by atoms with Crippen molar-refractivity contribution in [2.45, 2.75) is 32.2 Å². The van der Waals surface area contributed by atoms with E-state index in [0.717, 1.165) is 29.7 Å². The molecule has 0 saturated carbocycles. The summed E-state index contributed by atoms with van der Waals surface area (Å²) < 4.78 is 1.70. The number of anilines is 2. The summed E-state index contributed by atoms with van der Waals surface area (Å²) in [5.41, 5.74) is 4.57. The minimum Gasteiger partial charge on any atom is -0.343 e. The lowest BCUT2D eigenvalue weighted by Crippen LogP contribution is -2.32. The third-order valence-corrected chi connectivity index (χ3v) is 6.14. The predicted molar refractivity (Wildman–Crippen MR) is 120 cm³/mol. The number of ketones is 1. The molecule has 2 aromatic carbocycles. The molecule has 0 saturated heterocycles. The molecule has 156 valence electrons. The molecule has 1 atom stereocenters. The Balaban J connectivity index is 1.58. The first-order valence-corrected chi connectivity index (χ1v) is 10.6. The summed E-state index contributed by atoms with van der Waals surface area (Å²) in [6.45, 7) is 2.00. The van der Waals surface area contributed by atoms with Crippen molar-refractivity contribution in [1.82, 2.24) is 9.78 Å². The van der Waals surface area contributed by atoms with Gasteiger partial charge in [-0.1, -0.05) is 47.5 Å². The number of aromatic nitrogens is 2. The second-order valence-electron chi connectivity index (χ2n) is 7.89. The number of hydrogen-bond donors (Lipinski definition) is 2. The number of aryl methyl sites for hydroxylation is 1. The van der Waals surface area contributed by atoms with Gasteiger partial charge in [-0.3, -0.25) is 9.59 Å². The number of nitrogens with zero attached hydrogens (tertiary/aromatic N) is 2. The molecule has 3 aromatic rings. The van der Waals surface area contributed by atoms with Crippen LogP contribution in [0.25, 0.3) is 0 Å². The van der Waals surface area contributed by atoms with Crippen LogP contribution in [0, 0.1) is 6.92 Å². The first-order valence-electron chi connectivity index (χ1n) is 10.3. The van der Waals surface area contributed by atoms with Gasteiger partial charge in [-0.05, 0) is 43.5 Å². The number of fused-ring (bicyclic) bond motifs is 1. The van der Waals surface area contributed by atoms with Gasteiger partial charge >= 0.3 is 0 Å². The molecule has 0 radical (unpaired) electrons. The van der Waals surface area contributed by atoms with Crippen molar-refractivity contribution in [1.29, 1.82) is 0 Å². The highest BCUT2D eigenvalue weighted by atomic mass is 35.5. The van der Waals surface area contributed by atoms with Crippen LogP contribution in [0.2, 0.25) is 5.02 Å². The van der Waals surface area contributed by atoms with Crippen LogP contribution >= 0.6 is 11.6 Å². The van der Waals surface area contributed by atoms with Crippen molar-refractivity contribution in [3.63, 3.8) is 0 Å². The summed E-state index contributed by atoms with van der Waals surface area (Å²) in [5.74, 6) is 0.398. The molecule has 5 rings (SSSR count). The van der Waals surface area contributed by atoms with Gasteiger partial charge in [0.15, 0.2) is 5.78 Å². The van der Waals surface area contributed by atoms with Crippen LogP contribution in [0.1, 0.15) is 46.8 Å². The van der Waals surface area contributed by atoms with E-state index in [1.807, 2.05) is 49.4 Å². The van der Waals surface area contributed by atoms with E-state index in [-0.39, 0.29) is 11.7 Å². The Morgan fingerprint density at radius 3 is 2.71 bits per heavy atom. The summed E-state index contributed by atoms with van der Waals surface area (Å²) in [6, 6.07) is 14.6. The van der Waals surface area contributed by atoms with Crippen molar-refractivity contribution in [2.75, 3.05) is 10.6 Å². The third kappa shape index (κ3) is 3.43. The highest BCUT2D eigenvalue weighted by Crippen LogP contribution is 2.43. The van der Waals surface area contributed by atoms with Gasteiger partial charge in [0.2, 0.25) is 0 Å². The largest absolute Gasteiger partial charge is 0.343 e. The van der Waals surface area contributed by atoms with Crippen molar-refractivity contribution >= 4 is 34.8 Å². The number of rotatable bonds is 3. The fourth-order valence-electron chi connectivity index (χ4n) is 4.24. The lowest BCUT2D eigenvalue weighted by atomic mass is 9.85. The number of carbonyl (C=O) groups is 2. The number of nitrogens with one attached hydrogen (secondary N) is 2. The molecule has 1 aliphatic heterocycles. The number of allylic oxidation sites excluding steroid dienone is 2. The molecule has 2 N–H and O–H groups in total. The Labute approximate surface area is 184 Å². The van der Waals surface area contributed by atoms with E-state index in [4.69, 9.17) is 11.6 Å². The van der Waals surface area contributed by atoms with E-state index in [1.165, 1.54) is 0 Å². The standard InChI is InChI=1S/C24H21ClN4O2/c1-14-9-11-15(12-10-14)27-24(31)17-13-26-29-22(16-5-2-3-6-18(16)25)21-19(28-23(17)29)7-4-8-20(21)30/h2-3,5-6,9-13,22,28H,4,7-8H2,1H3,(H,27,31). The first kappa shape index (κ1) is 19.6. The lowest BCUT2D eigenvalue weighted by Gasteiger charge is -2.33. The Morgan fingerprint density at radius 2 is 1.94 bits per heavy atom. The number of halogens is 1. The molecule has 7 heteroatoms. The van der Waals surface area contributed by atoms with Crippen LogP contribution in [-0.4, -0.2) is 21.5 Å². The Morgan fingerprint density at radius 1 is 1.16 bits per heavy atom. The second kappa shape index (κ2) is 7.71. The smallest absolute Gasteiger partial charge is 0.261 e. The van der Waals surface area contributed by atoms with E-state index in [0.29, 0.717) is 34.1 Å². The van der Waals surface area contributed by atoms with E-state index >= 15 is 0 Å². The Kier molecular flexibility index (Phi) is 4.87. The molecular formula is C24H21ClN4O2. The highest BCUT2D eigenvalue weighted by molar-refractivity contribution is 6.31. The SMILES string of the molecule is Cc1ccc(NC(=O)c2cnn3c2NC2=C(C(=O)CCC2)C3c2ccccc2Cl)cc1. The maximum atomic E-state index is 13.1. The number of benzene rings is 2. The number of Topliss-reactive ketones (excluding diaryl/α,β-unsaturated/α-hetero) is 1. The van der Waals surface area contributed by atoms with Crippen LogP contribution < -0.4 is 10.6 Å². The van der Waals surface area contributed by atoms with E-state index < -0.39 is 6.04 Å². The fraction of sp³-hybridized carbons (Fsp3) is 0.208. The summed E-state index contributed by atoms with van der Waals surface area (Å²) in [7, 11) is 0. The summed E-state index contributed by atoms with van der Waals surface area (Å²) in [5, 5.41) is 11.3. The van der Waals surface area contributed by atoms with Gasteiger partial charge in [0, 0.05) is 28.4 Å². The molecule has 0 fully saturated rings. The molecule has 1 aromatic heterocycles. The average Bonchev–Trinajstić information content (AvgIpc) is 3.18. The van der Waals surface area contributed by atoms with E-state index in [1.54, 1.807) is 16.9 Å². The first-order chi connectivity index (χ1) is 15.0. The predicted octanol–water partition coefficient (Wildman–Crippen LogP) is 5.12. The molecule has 1 unspecified atom stereocenters. The van der Waals surface area contributed by atoms with Gasteiger partial charge in [0.25, 0.3) is 5.91 Å². The molecule has 0 bridgehead atoms. The van der Waals surface area contributed by atoms with Crippen LogP contribution in [0.5, 0.6) is 0 Å². The second-order valence-corrected chi connectivity index (χ2v) is 8.30. The van der Waals surface area contributed by atoms with Crippen LogP contribution in [0.3, 0.4) is 0 Å². The number of carbonyl (C=O) groups excluding carboxylic acids is 2. The lowest BCUT2D eigenvalue weighted by molar-refractivity contribution is -0.116. The average molecular weight is 433 g/mol. The van der Waals surface area contributed by atoms with E-state index in [2.05, 4.69) is 15.7 Å². The van der Waals surface area contributed by atoms with Crippen molar-refractivity contribution < 1.29 is 9.59 Å². The topological polar surface area (TPSA) is 76.0 Å². The summed E-state index contributed by atoms with van der Waals surface area (Å²) in [6.07, 6.45) is 3.56. The van der Waals surface area contributed by atoms with Gasteiger partial charge < -0.3 is 10.6 Å². The molecule has 1 aliphatic carbocycles. The van der Waals surface area contributed by atoms with Crippen molar-refractivity contribution in [3.8, 4) is 0 Å². The summed E-state index contributed by atoms with van der Waals surface area (Å²) in [4.78, 5) is 25.9. The maximum Gasteiger partial charge on any atom is 0.261 e. The molecule has 31 heavy (non-hydrogen) atoms. The number of amides is 1. The molecule has 2 heterocycles. The minimum absolute atomic E-state index is 0.0884.